The summed E-state index contributed by atoms with van der Waals surface area (Å²) in [4.78, 5) is 39.3. The van der Waals surface area contributed by atoms with E-state index in [1.54, 1.807) is 0 Å². The van der Waals surface area contributed by atoms with Gasteiger partial charge < -0.3 is 10.2 Å². The molecule has 0 saturated heterocycles. The molecule has 2 aromatic rings. The van der Waals surface area contributed by atoms with Crippen molar-refractivity contribution in [3.05, 3.63) is 64.7 Å². The summed E-state index contributed by atoms with van der Waals surface area (Å²) >= 11 is 0. The zero-order valence-corrected chi connectivity index (χ0v) is 12.3. The van der Waals surface area contributed by atoms with E-state index in [-0.39, 0.29) is 0 Å². The standard InChI is InChI=1S/C12H6N4O10/c17-11-7(5-3-1-2-4-6(5)13(19)20)8(14(21)22)9(15(23)24)10(12(11)18)16(25)26/h1-4,17-18H. The van der Waals surface area contributed by atoms with Gasteiger partial charge in [-0.15, -0.1) is 0 Å². The van der Waals surface area contributed by atoms with E-state index in [0.29, 0.717) is 0 Å². The lowest BCUT2D eigenvalue weighted by Crippen LogP contribution is -2.05. The second kappa shape index (κ2) is 6.27. The Morgan fingerprint density at radius 1 is 0.654 bits per heavy atom. The number of para-hydroxylation sites is 1. The largest absolute Gasteiger partial charge is 0.503 e. The third-order valence-corrected chi connectivity index (χ3v) is 3.29. The van der Waals surface area contributed by atoms with Gasteiger partial charge in [0.05, 0.1) is 25.3 Å². The third-order valence-electron chi connectivity index (χ3n) is 3.29. The highest BCUT2D eigenvalue weighted by Gasteiger charge is 2.46. The van der Waals surface area contributed by atoms with Gasteiger partial charge in [-0.1, -0.05) is 12.1 Å². The smallest absolute Gasteiger partial charge is 0.427 e. The van der Waals surface area contributed by atoms with Gasteiger partial charge in [0.2, 0.25) is 5.75 Å². The summed E-state index contributed by atoms with van der Waals surface area (Å²) in [5, 5.41) is 64.5. The van der Waals surface area contributed by atoms with E-state index < -0.39 is 65.1 Å². The van der Waals surface area contributed by atoms with Crippen LogP contribution in [0.1, 0.15) is 0 Å². The Kier molecular flexibility index (Phi) is 4.34. The van der Waals surface area contributed by atoms with E-state index in [9.17, 15) is 50.7 Å². The molecule has 26 heavy (non-hydrogen) atoms. The van der Waals surface area contributed by atoms with Gasteiger partial charge in [0, 0.05) is 6.07 Å². The summed E-state index contributed by atoms with van der Waals surface area (Å²) in [6.07, 6.45) is 0. The van der Waals surface area contributed by atoms with E-state index in [4.69, 9.17) is 0 Å². The second-order valence-electron chi connectivity index (χ2n) is 4.66. The van der Waals surface area contributed by atoms with Crippen LogP contribution >= 0.6 is 0 Å². The van der Waals surface area contributed by atoms with Crippen molar-refractivity contribution < 1.29 is 29.9 Å². The summed E-state index contributed by atoms with van der Waals surface area (Å²) in [7, 11) is 0. The number of phenols is 2. The van der Waals surface area contributed by atoms with Gasteiger partial charge in [0.15, 0.2) is 5.75 Å². The number of hydrogen-bond acceptors (Lipinski definition) is 10. The molecule has 14 heteroatoms. The van der Waals surface area contributed by atoms with Crippen molar-refractivity contribution in [1.29, 1.82) is 0 Å². The fourth-order valence-corrected chi connectivity index (χ4v) is 2.31. The van der Waals surface area contributed by atoms with Gasteiger partial charge in [-0.2, -0.15) is 0 Å². The molecule has 0 bridgehead atoms. The molecule has 2 aromatic carbocycles. The minimum atomic E-state index is -1.72. The number of benzene rings is 2. The molecular formula is C12H6N4O10. The molecule has 134 valence electrons. The maximum absolute atomic E-state index is 11.4. The third kappa shape index (κ3) is 2.66. The molecule has 0 aliphatic rings. The van der Waals surface area contributed by atoms with E-state index in [1.807, 2.05) is 0 Å². The van der Waals surface area contributed by atoms with Crippen LogP contribution < -0.4 is 0 Å². The molecule has 0 saturated carbocycles. The first kappa shape index (κ1) is 18.0. The number of hydrogen-bond donors (Lipinski definition) is 2. The SMILES string of the molecule is O=[N+]([O-])c1ccccc1-c1c(O)c(O)c([N+](=O)[O-])c([N+](=O)[O-])c1[N+](=O)[O-]. The van der Waals surface area contributed by atoms with Crippen LogP contribution in [0.3, 0.4) is 0 Å². The van der Waals surface area contributed by atoms with Gasteiger partial charge in [-0.3, -0.25) is 40.5 Å². The summed E-state index contributed by atoms with van der Waals surface area (Å²) < 4.78 is 0. The first-order chi connectivity index (χ1) is 12.1. The van der Waals surface area contributed by atoms with Gasteiger partial charge in [0.1, 0.15) is 5.56 Å². The Bertz CT molecular complexity index is 986. The Labute approximate surface area is 141 Å². The molecule has 0 aromatic heterocycles. The van der Waals surface area contributed by atoms with Crippen LogP contribution in [0.2, 0.25) is 0 Å². The molecule has 0 radical (unpaired) electrons. The molecule has 2 rings (SSSR count). The van der Waals surface area contributed by atoms with Gasteiger partial charge >= 0.3 is 17.1 Å². The van der Waals surface area contributed by atoms with Gasteiger partial charge in [0.25, 0.3) is 5.69 Å². The highest BCUT2D eigenvalue weighted by Crippen LogP contribution is 2.56. The van der Waals surface area contributed by atoms with Crippen molar-refractivity contribution in [1.82, 2.24) is 0 Å². The monoisotopic (exact) mass is 366 g/mol. The average molecular weight is 366 g/mol. The van der Waals surface area contributed by atoms with Gasteiger partial charge in [-0.25, -0.2) is 0 Å². The lowest BCUT2D eigenvalue weighted by molar-refractivity contribution is -0.441. The van der Waals surface area contributed by atoms with Gasteiger partial charge in [-0.05, 0) is 6.07 Å². The molecule has 0 spiro atoms. The number of nitrogens with zero attached hydrogens (tertiary/aromatic N) is 4. The summed E-state index contributed by atoms with van der Waals surface area (Å²) in [6, 6.07) is 4.18. The molecule has 0 fully saturated rings. The van der Waals surface area contributed by atoms with Crippen molar-refractivity contribution in [3.8, 4) is 22.6 Å². The fourth-order valence-electron chi connectivity index (χ4n) is 2.31. The number of rotatable bonds is 5. The maximum Gasteiger partial charge on any atom is 0.427 e. The predicted molar refractivity (Wildman–Crippen MR) is 81.8 cm³/mol. The predicted octanol–water partition coefficient (Wildman–Crippen LogP) is 2.40. The summed E-state index contributed by atoms with van der Waals surface area (Å²) in [5.41, 5.74) is -7.50. The molecule has 0 aliphatic heterocycles. The van der Waals surface area contributed by atoms with E-state index in [2.05, 4.69) is 0 Å². The van der Waals surface area contributed by atoms with Crippen molar-refractivity contribution in [3.63, 3.8) is 0 Å². The average Bonchev–Trinajstić information content (AvgIpc) is 2.55. The quantitative estimate of drug-likeness (QED) is 0.447. The Morgan fingerprint density at radius 2 is 1.15 bits per heavy atom. The molecule has 0 amide bonds. The molecule has 14 nitrogen and oxygen atoms in total. The maximum atomic E-state index is 11.4. The molecule has 0 heterocycles. The first-order valence-corrected chi connectivity index (χ1v) is 6.38. The lowest BCUT2D eigenvalue weighted by Gasteiger charge is -2.09. The van der Waals surface area contributed by atoms with Crippen LogP contribution in [-0.2, 0) is 0 Å². The topological polar surface area (TPSA) is 213 Å². The molecule has 0 unspecified atom stereocenters. The van der Waals surface area contributed by atoms with Crippen molar-refractivity contribution in [2.75, 3.05) is 0 Å². The zero-order chi connectivity index (χ0) is 19.8. The van der Waals surface area contributed by atoms with E-state index in [0.717, 1.165) is 12.1 Å². The second-order valence-corrected chi connectivity index (χ2v) is 4.66. The fraction of sp³-hybridized carbons (Fsp3) is 0. The number of phenolic OH excluding ortho intramolecular Hbond substituents is 2. The number of nitro benzene ring substituents is 4. The van der Waals surface area contributed by atoms with Crippen LogP contribution in [-0.4, -0.2) is 29.9 Å². The molecular weight excluding hydrogens is 360 g/mol. The molecule has 0 atom stereocenters. The normalized spacial score (nSPS) is 10.3. The summed E-state index contributed by atoms with van der Waals surface area (Å²) in [5.74, 6) is -3.09. The van der Waals surface area contributed by atoms with Crippen molar-refractivity contribution >= 4 is 22.7 Å². The Hall–Kier alpha value is -4.36. The van der Waals surface area contributed by atoms with Crippen LogP contribution in [0.15, 0.2) is 24.3 Å². The molecule has 2 N–H and O–H groups in total. The minimum absolute atomic E-state index is 0.644. The zero-order valence-electron chi connectivity index (χ0n) is 12.3. The first-order valence-electron chi connectivity index (χ1n) is 6.38. The highest BCUT2D eigenvalue weighted by molar-refractivity contribution is 5.95. The van der Waals surface area contributed by atoms with Crippen LogP contribution in [0, 0.1) is 40.5 Å². The summed E-state index contributed by atoms with van der Waals surface area (Å²) in [6.45, 7) is 0. The van der Waals surface area contributed by atoms with E-state index in [1.165, 1.54) is 12.1 Å². The lowest BCUT2D eigenvalue weighted by atomic mass is 9.98. The van der Waals surface area contributed by atoms with Crippen molar-refractivity contribution in [2.24, 2.45) is 0 Å². The van der Waals surface area contributed by atoms with Crippen LogP contribution in [0.4, 0.5) is 22.7 Å². The Balaban J connectivity index is 3.15. The Morgan fingerprint density at radius 3 is 1.62 bits per heavy atom. The number of aromatic hydroxyl groups is 2. The van der Waals surface area contributed by atoms with Crippen LogP contribution in [0.5, 0.6) is 11.5 Å². The molecule has 0 aliphatic carbocycles. The van der Waals surface area contributed by atoms with Crippen LogP contribution in [0.25, 0.3) is 11.1 Å². The highest BCUT2D eigenvalue weighted by atomic mass is 16.7. The van der Waals surface area contributed by atoms with E-state index >= 15 is 0 Å². The van der Waals surface area contributed by atoms with Crippen molar-refractivity contribution in [2.45, 2.75) is 0 Å². The minimum Gasteiger partial charge on any atom is -0.503 e. The number of nitro groups is 4.